The Morgan fingerprint density at radius 2 is 1.85 bits per heavy atom. The molecular weight excluding hydrogens is 441 g/mol. The van der Waals surface area contributed by atoms with Crippen LogP contribution in [0.15, 0.2) is 39.4 Å². The number of carbonyl (C=O) groups excluding carboxylic acids is 1. The molecule has 0 radical (unpaired) electrons. The maximum atomic E-state index is 12.9. The summed E-state index contributed by atoms with van der Waals surface area (Å²) >= 11 is 0. The SMILES string of the molecule is Cc1cc(NC(=O)CCN2CCN(Cc3nc(-c4cccc(C(F)(F)F)c4)no3)CC2)no1. The van der Waals surface area contributed by atoms with Gasteiger partial charge in [-0.1, -0.05) is 22.4 Å². The van der Waals surface area contributed by atoms with Crippen LogP contribution in [0.1, 0.15) is 23.6 Å². The minimum absolute atomic E-state index is 0.126. The number of amides is 1. The number of anilines is 1. The summed E-state index contributed by atoms with van der Waals surface area (Å²) in [5.41, 5.74) is -0.504. The molecule has 2 aromatic heterocycles. The van der Waals surface area contributed by atoms with Crippen molar-refractivity contribution in [3.63, 3.8) is 0 Å². The van der Waals surface area contributed by atoms with Gasteiger partial charge in [0.25, 0.3) is 0 Å². The minimum atomic E-state index is -4.43. The van der Waals surface area contributed by atoms with E-state index in [9.17, 15) is 18.0 Å². The van der Waals surface area contributed by atoms with Gasteiger partial charge in [0.1, 0.15) is 5.76 Å². The van der Waals surface area contributed by atoms with Crippen LogP contribution in [0.25, 0.3) is 11.4 Å². The predicted octanol–water partition coefficient (Wildman–Crippen LogP) is 3.20. The fourth-order valence-electron chi connectivity index (χ4n) is 3.52. The first-order chi connectivity index (χ1) is 15.8. The van der Waals surface area contributed by atoms with Gasteiger partial charge in [0.05, 0.1) is 12.1 Å². The van der Waals surface area contributed by atoms with E-state index in [0.29, 0.717) is 37.0 Å². The second-order valence-electron chi connectivity index (χ2n) is 7.83. The third-order valence-corrected chi connectivity index (χ3v) is 5.29. The summed E-state index contributed by atoms with van der Waals surface area (Å²) in [5.74, 6) is 1.39. The number of aryl methyl sites for hydroxylation is 1. The van der Waals surface area contributed by atoms with Gasteiger partial charge in [0, 0.05) is 50.8 Å². The normalized spacial score (nSPS) is 15.6. The van der Waals surface area contributed by atoms with Crippen molar-refractivity contribution in [3.05, 3.63) is 47.5 Å². The van der Waals surface area contributed by atoms with Gasteiger partial charge >= 0.3 is 6.18 Å². The Morgan fingerprint density at radius 1 is 1.09 bits per heavy atom. The number of hydrogen-bond donors (Lipinski definition) is 1. The number of halogens is 3. The molecule has 176 valence electrons. The largest absolute Gasteiger partial charge is 0.416 e. The molecule has 3 aromatic rings. The number of carbonyl (C=O) groups is 1. The number of benzene rings is 1. The van der Waals surface area contributed by atoms with Crippen LogP contribution in [0.3, 0.4) is 0 Å². The van der Waals surface area contributed by atoms with Crippen LogP contribution in [0.4, 0.5) is 19.0 Å². The second kappa shape index (κ2) is 9.71. The number of rotatable bonds is 7. The fourth-order valence-corrected chi connectivity index (χ4v) is 3.52. The summed E-state index contributed by atoms with van der Waals surface area (Å²) in [5, 5.41) is 10.3. The van der Waals surface area contributed by atoms with Crippen LogP contribution in [0.5, 0.6) is 0 Å². The molecule has 1 aliphatic rings. The molecule has 1 amide bonds. The van der Waals surface area contributed by atoms with Crippen molar-refractivity contribution in [2.75, 3.05) is 38.0 Å². The van der Waals surface area contributed by atoms with Crippen molar-refractivity contribution in [1.29, 1.82) is 0 Å². The molecular formula is C21H23F3N6O3. The van der Waals surface area contributed by atoms with Gasteiger partial charge in [0.2, 0.25) is 17.6 Å². The summed E-state index contributed by atoms with van der Waals surface area (Å²) in [6.07, 6.45) is -4.09. The van der Waals surface area contributed by atoms with Crippen molar-refractivity contribution in [1.82, 2.24) is 25.1 Å². The average Bonchev–Trinajstić information content (AvgIpc) is 3.41. The van der Waals surface area contributed by atoms with Gasteiger partial charge in [-0.25, -0.2) is 0 Å². The van der Waals surface area contributed by atoms with Crippen LogP contribution >= 0.6 is 0 Å². The first-order valence-corrected chi connectivity index (χ1v) is 10.4. The van der Waals surface area contributed by atoms with E-state index in [2.05, 4.69) is 30.4 Å². The highest BCUT2D eigenvalue weighted by molar-refractivity contribution is 5.89. The molecule has 1 aliphatic heterocycles. The minimum Gasteiger partial charge on any atom is -0.360 e. The molecule has 0 spiro atoms. The Morgan fingerprint density at radius 3 is 2.55 bits per heavy atom. The Kier molecular flexibility index (Phi) is 6.75. The maximum Gasteiger partial charge on any atom is 0.416 e. The third-order valence-electron chi connectivity index (χ3n) is 5.29. The van der Waals surface area contributed by atoms with E-state index in [4.69, 9.17) is 9.05 Å². The lowest BCUT2D eigenvalue weighted by atomic mass is 10.1. The Balaban J connectivity index is 1.23. The van der Waals surface area contributed by atoms with E-state index in [1.165, 1.54) is 12.1 Å². The molecule has 0 saturated carbocycles. The summed E-state index contributed by atoms with van der Waals surface area (Å²) in [4.78, 5) is 20.6. The molecule has 3 heterocycles. The van der Waals surface area contributed by atoms with Crippen LogP contribution < -0.4 is 5.32 Å². The molecule has 1 fully saturated rings. The second-order valence-corrected chi connectivity index (χ2v) is 7.83. The standard InChI is InChI=1S/C21H23F3N6O3/c1-14-11-17(27-32-14)25-18(31)5-6-29-7-9-30(10-8-29)13-19-26-20(28-33-19)15-3-2-4-16(12-15)21(22,23)24/h2-4,11-12H,5-10,13H2,1H3,(H,25,27,31). The lowest BCUT2D eigenvalue weighted by molar-refractivity contribution is -0.137. The molecule has 0 aliphatic carbocycles. The zero-order valence-corrected chi connectivity index (χ0v) is 17.9. The van der Waals surface area contributed by atoms with Crippen molar-refractivity contribution in [2.45, 2.75) is 26.1 Å². The van der Waals surface area contributed by atoms with E-state index < -0.39 is 11.7 Å². The number of aromatic nitrogens is 3. The summed E-state index contributed by atoms with van der Waals surface area (Å²) in [7, 11) is 0. The molecule has 1 saturated heterocycles. The number of alkyl halides is 3. The van der Waals surface area contributed by atoms with Crippen molar-refractivity contribution >= 4 is 11.7 Å². The number of hydrogen-bond acceptors (Lipinski definition) is 8. The highest BCUT2D eigenvalue weighted by Crippen LogP contribution is 2.31. The Labute approximate surface area is 187 Å². The van der Waals surface area contributed by atoms with Crippen LogP contribution in [0, 0.1) is 6.92 Å². The first kappa shape index (κ1) is 22.9. The zero-order valence-electron chi connectivity index (χ0n) is 17.9. The molecule has 9 nitrogen and oxygen atoms in total. The smallest absolute Gasteiger partial charge is 0.360 e. The van der Waals surface area contributed by atoms with Gasteiger partial charge in [0.15, 0.2) is 5.82 Å². The molecule has 0 bridgehead atoms. The van der Waals surface area contributed by atoms with Gasteiger partial charge in [-0.15, -0.1) is 0 Å². The van der Waals surface area contributed by atoms with Gasteiger partial charge < -0.3 is 19.3 Å². The summed E-state index contributed by atoms with van der Waals surface area (Å²) in [6, 6.07) is 6.51. The highest BCUT2D eigenvalue weighted by Gasteiger charge is 2.31. The molecule has 0 atom stereocenters. The summed E-state index contributed by atoms with van der Waals surface area (Å²) in [6.45, 7) is 5.80. The molecule has 33 heavy (non-hydrogen) atoms. The highest BCUT2D eigenvalue weighted by atomic mass is 19.4. The average molecular weight is 464 g/mol. The maximum absolute atomic E-state index is 12.9. The fraction of sp³-hybridized carbons (Fsp3) is 0.429. The van der Waals surface area contributed by atoms with Gasteiger partial charge in [-0.05, 0) is 19.1 Å². The van der Waals surface area contributed by atoms with Crippen molar-refractivity contribution in [2.24, 2.45) is 0 Å². The molecule has 1 aromatic carbocycles. The van der Waals surface area contributed by atoms with E-state index in [-0.39, 0.29) is 17.3 Å². The number of nitrogens with one attached hydrogen (secondary N) is 1. The monoisotopic (exact) mass is 464 g/mol. The predicted molar refractivity (Wildman–Crippen MR) is 111 cm³/mol. The number of nitrogens with zero attached hydrogens (tertiary/aromatic N) is 5. The zero-order chi connectivity index (χ0) is 23.4. The van der Waals surface area contributed by atoms with Gasteiger partial charge in [-0.3, -0.25) is 9.69 Å². The molecule has 1 N–H and O–H groups in total. The Bertz CT molecular complexity index is 1090. The van der Waals surface area contributed by atoms with E-state index in [1.54, 1.807) is 13.0 Å². The van der Waals surface area contributed by atoms with Crippen molar-refractivity contribution in [3.8, 4) is 11.4 Å². The topological polar surface area (TPSA) is 101 Å². The lowest BCUT2D eigenvalue weighted by Crippen LogP contribution is -2.46. The molecule has 0 unspecified atom stereocenters. The van der Waals surface area contributed by atoms with Crippen LogP contribution in [-0.4, -0.2) is 63.7 Å². The molecule has 4 rings (SSSR count). The van der Waals surface area contributed by atoms with Crippen LogP contribution in [0.2, 0.25) is 0 Å². The van der Waals surface area contributed by atoms with E-state index in [0.717, 1.165) is 38.3 Å². The van der Waals surface area contributed by atoms with E-state index >= 15 is 0 Å². The number of piperazine rings is 1. The molecule has 12 heteroatoms. The quantitative estimate of drug-likeness (QED) is 0.569. The lowest BCUT2D eigenvalue weighted by Gasteiger charge is -2.33. The Hall–Kier alpha value is -3.25. The van der Waals surface area contributed by atoms with Crippen LogP contribution in [-0.2, 0) is 17.5 Å². The van der Waals surface area contributed by atoms with Crippen molar-refractivity contribution < 1.29 is 27.0 Å². The third kappa shape index (κ3) is 6.17. The first-order valence-electron chi connectivity index (χ1n) is 10.4. The van der Waals surface area contributed by atoms with E-state index in [1.807, 2.05) is 0 Å². The van der Waals surface area contributed by atoms with Gasteiger partial charge in [-0.2, -0.15) is 18.2 Å². The summed E-state index contributed by atoms with van der Waals surface area (Å²) < 4.78 is 48.9.